The number of thioether (sulfide) groups is 1. The van der Waals surface area contributed by atoms with Gasteiger partial charge in [0, 0.05) is 0 Å². The lowest BCUT2D eigenvalue weighted by Crippen LogP contribution is -2.03. The molecular formula is C13H10N6O2S2. The zero-order chi connectivity index (χ0) is 15.5. The fraction of sp³-hybridized carbons (Fsp3) is 0.154. The summed E-state index contributed by atoms with van der Waals surface area (Å²) in [6, 6.07) is 7.61. The molecule has 0 unspecified atom stereocenters. The van der Waals surface area contributed by atoms with Gasteiger partial charge in [0.25, 0.3) is 0 Å². The minimum Gasteiger partial charge on any atom is -0.467 e. The van der Waals surface area contributed by atoms with Crippen LogP contribution in [-0.4, -0.2) is 30.3 Å². The molecule has 0 aliphatic carbocycles. The van der Waals surface area contributed by atoms with E-state index in [4.69, 9.17) is 8.94 Å². The predicted octanol–water partition coefficient (Wildman–Crippen LogP) is 2.72. The van der Waals surface area contributed by atoms with Gasteiger partial charge >= 0.3 is 0 Å². The second-order valence-corrected chi connectivity index (χ2v) is 6.37. The minimum absolute atomic E-state index is 0.479. The Kier molecular flexibility index (Phi) is 3.90. The molecule has 4 heterocycles. The number of thiophene rings is 1. The summed E-state index contributed by atoms with van der Waals surface area (Å²) < 4.78 is 12.2. The van der Waals surface area contributed by atoms with Gasteiger partial charge in [-0.05, 0) is 34.0 Å². The molecule has 8 nitrogen and oxygen atoms in total. The SMILES string of the molecule is c1coc(Cn2nnnc2SCc2nc(-c3cccs3)no2)c1. The van der Waals surface area contributed by atoms with E-state index in [-0.39, 0.29) is 0 Å². The highest BCUT2D eigenvalue weighted by molar-refractivity contribution is 7.98. The number of hydrogen-bond donors (Lipinski definition) is 0. The Balaban J connectivity index is 1.43. The molecule has 4 aromatic rings. The lowest BCUT2D eigenvalue weighted by atomic mass is 10.4. The van der Waals surface area contributed by atoms with Gasteiger partial charge in [0.2, 0.25) is 16.9 Å². The van der Waals surface area contributed by atoms with E-state index in [9.17, 15) is 0 Å². The first-order chi connectivity index (χ1) is 11.4. The monoisotopic (exact) mass is 346 g/mol. The number of nitrogens with zero attached hydrogens (tertiary/aromatic N) is 6. The van der Waals surface area contributed by atoms with E-state index < -0.39 is 0 Å². The number of aromatic nitrogens is 6. The summed E-state index contributed by atoms with van der Waals surface area (Å²) >= 11 is 3.00. The molecule has 10 heteroatoms. The van der Waals surface area contributed by atoms with Crippen LogP contribution in [-0.2, 0) is 12.3 Å². The van der Waals surface area contributed by atoms with Gasteiger partial charge in [-0.2, -0.15) is 4.98 Å². The molecule has 0 bridgehead atoms. The largest absolute Gasteiger partial charge is 0.467 e. The van der Waals surface area contributed by atoms with Gasteiger partial charge < -0.3 is 8.94 Å². The summed E-state index contributed by atoms with van der Waals surface area (Å²) in [6.07, 6.45) is 1.62. The molecule has 0 aliphatic rings. The molecule has 0 radical (unpaired) electrons. The van der Waals surface area contributed by atoms with Crippen LogP contribution in [0.1, 0.15) is 11.7 Å². The summed E-state index contributed by atoms with van der Waals surface area (Å²) in [5.74, 6) is 2.42. The number of rotatable bonds is 6. The van der Waals surface area contributed by atoms with E-state index in [1.165, 1.54) is 11.8 Å². The van der Waals surface area contributed by atoms with Crippen LogP contribution in [0.4, 0.5) is 0 Å². The molecule has 0 aromatic carbocycles. The highest BCUT2D eigenvalue weighted by Gasteiger charge is 2.13. The smallest absolute Gasteiger partial charge is 0.237 e. The molecule has 0 spiro atoms. The zero-order valence-corrected chi connectivity index (χ0v) is 13.3. The summed E-state index contributed by atoms with van der Waals surface area (Å²) in [6.45, 7) is 0.479. The first-order valence-corrected chi connectivity index (χ1v) is 8.53. The summed E-state index contributed by atoms with van der Waals surface area (Å²) in [7, 11) is 0. The van der Waals surface area contributed by atoms with Gasteiger partial charge in [0.05, 0.1) is 16.9 Å². The average molecular weight is 346 g/mol. The number of tetrazole rings is 1. The summed E-state index contributed by atoms with van der Waals surface area (Å²) in [5.41, 5.74) is 0. The Morgan fingerprint density at radius 2 is 2.26 bits per heavy atom. The Morgan fingerprint density at radius 1 is 1.26 bits per heavy atom. The first kappa shape index (κ1) is 14.2. The van der Waals surface area contributed by atoms with Crippen molar-refractivity contribution in [1.29, 1.82) is 0 Å². The van der Waals surface area contributed by atoms with Crippen molar-refractivity contribution >= 4 is 23.1 Å². The van der Waals surface area contributed by atoms with E-state index in [2.05, 4.69) is 25.7 Å². The molecule has 0 saturated carbocycles. The normalized spacial score (nSPS) is 11.1. The van der Waals surface area contributed by atoms with Crippen molar-refractivity contribution in [3.63, 3.8) is 0 Å². The Bertz CT molecular complexity index is 868. The number of hydrogen-bond acceptors (Lipinski definition) is 9. The second kappa shape index (κ2) is 6.34. The molecular weight excluding hydrogens is 336 g/mol. The van der Waals surface area contributed by atoms with Crippen LogP contribution in [0, 0.1) is 0 Å². The highest BCUT2D eigenvalue weighted by atomic mass is 32.2. The Hall–Kier alpha value is -2.46. The molecule has 4 aromatic heterocycles. The molecule has 0 atom stereocenters. The average Bonchev–Trinajstić information content (AvgIpc) is 3.34. The molecule has 0 aliphatic heterocycles. The maximum atomic E-state index is 5.30. The van der Waals surface area contributed by atoms with Crippen molar-refractivity contribution in [2.75, 3.05) is 0 Å². The molecule has 4 rings (SSSR count). The van der Waals surface area contributed by atoms with Gasteiger partial charge in [-0.1, -0.05) is 23.0 Å². The zero-order valence-electron chi connectivity index (χ0n) is 11.7. The third-order valence-corrected chi connectivity index (χ3v) is 4.73. The first-order valence-electron chi connectivity index (χ1n) is 6.66. The summed E-state index contributed by atoms with van der Waals surface area (Å²) in [4.78, 5) is 5.35. The molecule has 0 fully saturated rings. The predicted molar refractivity (Wildman–Crippen MR) is 82.8 cm³/mol. The van der Waals surface area contributed by atoms with Crippen LogP contribution in [0.2, 0.25) is 0 Å². The van der Waals surface area contributed by atoms with E-state index in [1.54, 1.807) is 22.3 Å². The lowest BCUT2D eigenvalue weighted by Gasteiger charge is -2.00. The van der Waals surface area contributed by atoms with Crippen molar-refractivity contribution < 1.29 is 8.94 Å². The fourth-order valence-electron chi connectivity index (χ4n) is 1.89. The van der Waals surface area contributed by atoms with Gasteiger partial charge in [-0.25, -0.2) is 4.68 Å². The van der Waals surface area contributed by atoms with E-state index in [0.29, 0.717) is 29.2 Å². The van der Waals surface area contributed by atoms with Crippen molar-refractivity contribution in [1.82, 2.24) is 30.3 Å². The fourth-order valence-corrected chi connectivity index (χ4v) is 3.26. The number of furan rings is 1. The quantitative estimate of drug-likeness (QED) is 0.492. The second-order valence-electron chi connectivity index (χ2n) is 4.48. The third-order valence-electron chi connectivity index (χ3n) is 2.92. The van der Waals surface area contributed by atoms with Crippen molar-refractivity contribution in [2.24, 2.45) is 0 Å². The molecule has 23 heavy (non-hydrogen) atoms. The van der Waals surface area contributed by atoms with Crippen LogP contribution in [0.5, 0.6) is 0 Å². The minimum atomic E-state index is 0.479. The summed E-state index contributed by atoms with van der Waals surface area (Å²) in [5, 5.41) is 18.3. The van der Waals surface area contributed by atoms with Gasteiger partial charge in [-0.3, -0.25) is 0 Å². The molecule has 0 amide bonds. The Morgan fingerprint density at radius 3 is 3.09 bits per heavy atom. The molecule has 0 saturated heterocycles. The van der Waals surface area contributed by atoms with E-state index in [1.807, 2.05) is 29.6 Å². The van der Waals surface area contributed by atoms with Crippen LogP contribution in [0.15, 0.2) is 50.0 Å². The van der Waals surface area contributed by atoms with Gasteiger partial charge in [0.15, 0.2) is 0 Å². The molecule has 0 N–H and O–H groups in total. The van der Waals surface area contributed by atoms with E-state index in [0.717, 1.165) is 10.6 Å². The van der Waals surface area contributed by atoms with Gasteiger partial charge in [-0.15, -0.1) is 16.4 Å². The van der Waals surface area contributed by atoms with Crippen molar-refractivity contribution in [3.8, 4) is 10.7 Å². The van der Waals surface area contributed by atoms with Crippen molar-refractivity contribution in [3.05, 3.63) is 47.6 Å². The highest BCUT2D eigenvalue weighted by Crippen LogP contribution is 2.24. The Labute approximate surface area is 138 Å². The molecule has 116 valence electrons. The van der Waals surface area contributed by atoms with Gasteiger partial charge in [0.1, 0.15) is 12.3 Å². The van der Waals surface area contributed by atoms with Crippen LogP contribution in [0.25, 0.3) is 10.7 Å². The standard InChI is InChI=1S/C13H10N6O2S2/c1-3-9(20-5-1)7-19-13(15-17-18-19)23-8-11-14-12(16-21-11)10-4-2-6-22-10/h1-6H,7-8H2. The van der Waals surface area contributed by atoms with Crippen molar-refractivity contribution in [2.45, 2.75) is 17.5 Å². The topological polar surface area (TPSA) is 95.7 Å². The van der Waals surface area contributed by atoms with Crippen LogP contribution < -0.4 is 0 Å². The third kappa shape index (κ3) is 3.17. The van der Waals surface area contributed by atoms with Crippen LogP contribution in [0.3, 0.4) is 0 Å². The van der Waals surface area contributed by atoms with Crippen LogP contribution >= 0.6 is 23.1 Å². The maximum absolute atomic E-state index is 5.30. The maximum Gasteiger partial charge on any atom is 0.237 e. The van der Waals surface area contributed by atoms with E-state index >= 15 is 0 Å². The lowest BCUT2D eigenvalue weighted by molar-refractivity contribution is 0.391.